The maximum Gasteiger partial charge on any atom is 0.323 e. The standard InChI is InChI=1S/C16H23N3O2/c1-10(17-9-12-4-2-3-5-15(12)20)11-6-7-13-14(8-11)19-16(21)18-13/h6-8,10,12,15,17,20H,2-5,9H2,1H3,(H2,18,19,21). The minimum absolute atomic E-state index is 0.165. The number of imidazole rings is 1. The van der Waals surface area contributed by atoms with Crippen LogP contribution in [-0.4, -0.2) is 27.7 Å². The van der Waals surface area contributed by atoms with E-state index >= 15 is 0 Å². The van der Waals surface area contributed by atoms with E-state index in [1.807, 2.05) is 18.2 Å². The van der Waals surface area contributed by atoms with E-state index in [0.29, 0.717) is 5.92 Å². The largest absolute Gasteiger partial charge is 0.393 e. The first-order valence-electron chi connectivity index (χ1n) is 7.77. The van der Waals surface area contributed by atoms with Crippen molar-refractivity contribution in [2.45, 2.75) is 44.8 Å². The second-order valence-corrected chi connectivity index (χ2v) is 6.13. The lowest BCUT2D eigenvalue weighted by Gasteiger charge is -2.29. The number of H-pyrrole nitrogens is 2. The Bertz CT molecular complexity index is 661. The fourth-order valence-electron chi connectivity index (χ4n) is 3.19. The molecule has 21 heavy (non-hydrogen) atoms. The van der Waals surface area contributed by atoms with Crippen LogP contribution in [0.25, 0.3) is 11.0 Å². The molecule has 5 heteroatoms. The van der Waals surface area contributed by atoms with Crippen molar-refractivity contribution < 1.29 is 5.11 Å². The van der Waals surface area contributed by atoms with Crippen LogP contribution in [0.2, 0.25) is 0 Å². The molecule has 0 saturated heterocycles. The number of nitrogens with one attached hydrogen (secondary N) is 3. The number of benzene rings is 1. The number of aromatic nitrogens is 2. The summed E-state index contributed by atoms with van der Waals surface area (Å²) in [5, 5.41) is 13.5. The van der Waals surface area contributed by atoms with E-state index < -0.39 is 0 Å². The molecule has 1 aliphatic rings. The SMILES string of the molecule is CC(NCC1CCCCC1O)c1ccc2[nH]c(=O)[nH]c2c1. The number of aromatic amines is 2. The summed E-state index contributed by atoms with van der Waals surface area (Å²) in [6.45, 7) is 2.95. The van der Waals surface area contributed by atoms with Crippen molar-refractivity contribution in [3.8, 4) is 0 Å². The smallest absolute Gasteiger partial charge is 0.323 e. The van der Waals surface area contributed by atoms with Crippen molar-refractivity contribution in [2.24, 2.45) is 5.92 Å². The monoisotopic (exact) mass is 289 g/mol. The van der Waals surface area contributed by atoms with Crippen molar-refractivity contribution >= 4 is 11.0 Å². The van der Waals surface area contributed by atoms with Crippen LogP contribution in [0.5, 0.6) is 0 Å². The van der Waals surface area contributed by atoms with Crippen LogP contribution in [0, 0.1) is 5.92 Å². The van der Waals surface area contributed by atoms with Crippen LogP contribution < -0.4 is 11.0 Å². The molecule has 0 bridgehead atoms. The zero-order valence-corrected chi connectivity index (χ0v) is 12.4. The summed E-state index contributed by atoms with van der Waals surface area (Å²) in [6.07, 6.45) is 4.23. The molecule has 3 unspecified atom stereocenters. The summed E-state index contributed by atoms with van der Waals surface area (Å²) in [6, 6.07) is 6.15. The Kier molecular flexibility index (Phi) is 4.12. The van der Waals surface area contributed by atoms with Gasteiger partial charge in [-0.15, -0.1) is 0 Å². The Morgan fingerprint density at radius 3 is 2.86 bits per heavy atom. The molecule has 0 aliphatic heterocycles. The molecule has 3 rings (SSSR count). The zero-order chi connectivity index (χ0) is 14.8. The minimum Gasteiger partial charge on any atom is -0.393 e. The second kappa shape index (κ2) is 6.03. The number of aliphatic hydroxyl groups is 1. The molecule has 5 nitrogen and oxygen atoms in total. The molecule has 1 aromatic heterocycles. The molecule has 114 valence electrons. The number of fused-ring (bicyclic) bond motifs is 1. The van der Waals surface area contributed by atoms with Crippen LogP contribution in [-0.2, 0) is 0 Å². The molecule has 1 aliphatic carbocycles. The van der Waals surface area contributed by atoms with Crippen molar-refractivity contribution in [1.29, 1.82) is 0 Å². The fraction of sp³-hybridized carbons (Fsp3) is 0.562. The lowest BCUT2D eigenvalue weighted by Crippen LogP contribution is -2.34. The number of rotatable bonds is 4. The maximum atomic E-state index is 11.3. The highest BCUT2D eigenvalue weighted by Gasteiger charge is 2.23. The third kappa shape index (κ3) is 3.19. The predicted molar refractivity (Wildman–Crippen MR) is 83.3 cm³/mol. The average Bonchev–Trinajstić information content (AvgIpc) is 2.85. The van der Waals surface area contributed by atoms with Crippen molar-refractivity contribution in [1.82, 2.24) is 15.3 Å². The van der Waals surface area contributed by atoms with Crippen molar-refractivity contribution in [3.05, 3.63) is 34.2 Å². The van der Waals surface area contributed by atoms with Gasteiger partial charge in [-0.2, -0.15) is 0 Å². The average molecular weight is 289 g/mol. The van der Waals surface area contributed by atoms with Gasteiger partial charge in [0.2, 0.25) is 0 Å². The lowest BCUT2D eigenvalue weighted by atomic mass is 9.86. The van der Waals surface area contributed by atoms with Gasteiger partial charge in [0.25, 0.3) is 0 Å². The van der Waals surface area contributed by atoms with Crippen molar-refractivity contribution in [3.63, 3.8) is 0 Å². The number of hydrogen-bond donors (Lipinski definition) is 4. The summed E-state index contributed by atoms with van der Waals surface area (Å²) < 4.78 is 0. The molecule has 1 aromatic carbocycles. The summed E-state index contributed by atoms with van der Waals surface area (Å²) in [4.78, 5) is 16.8. The Hall–Kier alpha value is -1.59. The van der Waals surface area contributed by atoms with E-state index in [-0.39, 0.29) is 17.8 Å². The van der Waals surface area contributed by atoms with E-state index in [2.05, 4.69) is 22.2 Å². The molecule has 1 heterocycles. The van der Waals surface area contributed by atoms with Crippen LogP contribution in [0.4, 0.5) is 0 Å². The van der Waals surface area contributed by atoms with Crippen LogP contribution in [0.1, 0.15) is 44.2 Å². The van der Waals surface area contributed by atoms with E-state index in [9.17, 15) is 9.90 Å². The van der Waals surface area contributed by atoms with Gasteiger partial charge in [-0.3, -0.25) is 0 Å². The predicted octanol–water partition coefficient (Wildman–Crippen LogP) is 2.06. The van der Waals surface area contributed by atoms with Gasteiger partial charge in [0.1, 0.15) is 0 Å². The molecule has 3 atom stereocenters. The van der Waals surface area contributed by atoms with Gasteiger partial charge in [-0.05, 0) is 43.4 Å². The molecular weight excluding hydrogens is 266 g/mol. The highest BCUT2D eigenvalue weighted by atomic mass is 16.3. The minimum atomic E-state index is -0.173. The molecule has 4 N–H and O–H groups in total. The van der Waals surface area contributed by atoms with Crippen molar-refractivity contribution in [2.75, 3.05) is 6.54 Å². The highest BCUT2D eigenvalue weighted by Crippen LogP contribution is 2.25. The Morgan fingerprint density at radius 2 is 2.05 bits per heavy atom. The van der Waals surface area contributed by atoms with E-state index in [0.717, 1.165) is 42.4 Å². The van der Waals surface area contributed by atoms with Gasteiger partial charge in [0.15, 0.2) is 0 Å². The van der Waals surface area contributed by atoms with Gasteiger partial charge in [0.05, 0.1) is 17.1 Å². The Morgan fingerprint density at radius 1 is 1.29 bits per heavy atom. The summed E-state index contributed by atoms with van der Waals surface area (Å²) in [5.41, 5.74) is 2.64. The van der Waals surface area contributed by atoms with E-state index in [1.54, 1.807) is 0 Å². The van der Waals surface area contributed by atoms with Gasteiger partial charge in [-0.25, -0.2) is 4.79 Å². The topological polar surface area (TPSA) is 80.9 Å². The van der Waals surface area contributed by atoms with Crippen LogP contribution in [0.15, 0.2) is 23.0 Å². The molecular formula is C16H23N3O2. The molecule has 1 saturated carbocycles. The molecule has 0 amide bonds. The van der Waals surface area contributed by atoms with E-state index in [4.69, 9.17) is 0 Å². The Labute approximate surface area is 123 Å². The summed E-state index contributed by atoms with van der Waals surface area (Å²) in [7, 11) is 0. The maximum absolute atomic E-state index is 11.3. The van der Waals surface area contributed by atoms with Gasteiger partial charge in [-0.1, -0.05) is 18.9 Å². The first kappa shape index (κ1) is 14.4. The quantitative estimate of drug-likeness (QED) is 0.695. The first-order chi connectivity index (χ1) is 10.1. The third-order valence-corrected chi connectivity index (χ3v) is 4.60. The first-order valence-corrected chi connectivity index (χ1v) is 7.77. The number of hydrogen-bond acceptors (Lipinski definition) is 3. The normalized spacial score (nSPS) is 24.3. The summed E-state index contributed by atoms with van der Waals surface area (Å²) in [5.74, 6) is 0.358. The highest BCUT2D eigenvalue weighted by molar-refractivity contribution is 5.75. The lowest BCUT2D eigenvalue weighted by molar-refractivity contribution is 0.0684. The molecule has 1 fully saturated rings. The number of aliphatic hydroxyl groups excluding tert-OH is 1. The van der Waals surface area contributed by atoms with Crippen LogP contribution >= 0.6 is 0 Å². The second-order valence-electron chi connectivity index (χ2n) is 6.13. The fourth-order valence-corrected chi connectivity index (χ4v) is 3.19. The van der Waals surface area contributed by atoms with Gasteiger partial charge in [0, 0.05) is 12.6 Å². The zero-order valence-electron chi connectivity index (χ0n) is 12.4. The molecule has 0 spiro atoms. The van der Waals surface area contributed by atoms with Crippen LogP contribution in [0.3, 0.4) is 0 Å². The summed E-state index contributed by atoms with van der Waals surface area (Å²) >= 11 is 0. The molecule has 2 aromatic rings. The van der Waals surface area contributed by atoms with Gasteiger partial charge >= 0.3 is 5.69 Å². The van der Waals surface area contributed by atoms with E-state index in [1.165, 1.54) is 6.42 Å². The van der Waals surface area contributed by atoms with Gasteiger partial charge < -0.3 is 20.4 Å². The Balaban J connectivity index is 1.65. The molecule has 0 radical (unpaired) electrons. The third-order valence-electron chi connectivity index (χ3n) is 4.60.